The van der Waals surface area contributed by atoms with Crippen LogP contribution < -0.4 is 5.32 Å². The minimum absolute atomic E-state index is 0.152. The predicted molar refractivity (Wildman–Crippen MR) is 86.1 cm³/mol. The van der Waals surface area contributed by atoms with Gasteiger partial charge < -0.3 is 19.9 Å². The van der Waals surface area contributed by atoms with Gasteiger partial charge in [-0.15, -0.1) is 0 Å². The number of carbonyl (C=O) groups is 2. The first-order chi connectivity index (χ1) is 11.2. The minimum atomic E-state index is -0.212. The zero-order valence-corrected chi connectivity index (χ0v) is 13.8. The van der Waals surface area contributed by atoms with Gasteiger partial charge >= 0.3 is 0 Å². The largest absolute Gasteiger partial charge is 0.368 e. The number of nitrogens with one attached hydrogen (secondary N) is 1. The van der Waals surface area contributed by atoms with Crippen molar-refractivity contribution in [2.75, 3.05) is 65.5 Å². The van der Waals surface area contributed by atoms with Crippen LogP contribution in [-0.4, -0.2) is 98.1 Å². The molecule has 7 nitrogen and oxygen atoms in total. The van der Waals surface area contributed by atoms with Crippen LogP contribution in [0.4, 0.5) is 0 Å². The maximum absolute atomic E-state index is 12.3. The number of ether oxygens (including phenoxy) is 1. The van der Waals surface area contributed by atoms with E-state index >= 15 is 0 Å². The number of piperazine rings is 2. The van der Waals surface area contributed by atoms with E-state index in [1.807, 2.05) is 9.80 Å². The summed E-state index contributed by atoms with van der Waals surface area (Å²) >= 11 is 0. The van der Waals surface area contributed by atoms with Crippen molar-refractivity contribution >= 4 is 11.8 Å². The second-order valence-electron chi connectivity index (χ2n) is 6.55. The standard InChI is InChI=1S/C16H28N4O3/c21-15(19-7-4-17-5-8-19)3-6-18-9-11-20(12-10-18)16(22)14-2-1-13-23-14/h14,17H,1-13H2. The Morgan fingerprint density at radius 3 is 2.39 bits per heavy atom. The SMILES string of the molecule is O=C(CCN1CCN(C(=O)C2CCCO2)CC1)N1CCNCC1. The highest BCUT2D eigenvalue weighted by Crippen LogP contribution is 2.16. The highest BCUT2D eigenvalue weighted by Gasteiger charge is 2.30. The number of carbonyl (C=O) groups excluding carboxylic acids is 2. The molecule has 1 unspecified atom stereocenters. The molecule has 3 aliphatic rings. The molecule has 130 valence electrons. The quantitative estimate of drug-likeness (QED) is 0.728. The molecule has 1 atom stereocenters. The lowest BCUT2D eigenvalue weighted by Crippen LogP contribution is -2.52. The number of nitrogens with zero attached hydrogens (tertiary/aromatic N) is 3. The molecule has 0 bridgehead atoms. The monoisotopic (exact) mass is 324 g/mol. The Balaban J connectivity index is 1.35. The van der Waals surface area contributed by atoms with Gasteiger partial charge in [-0.2, -0.15) is 0 Å². The lowest BCUT2D eigenvalue weighted by atomic mass is 10.2. The maximum Gasteiger partial charge on any atom is 0.251 e. The zero-order chi connectivity index (χ0) is 16.1. The Kier molecular flexibility index (Phi) is 5.85. The molecule has 3 aliphatic heterocycles. The van der Waals surface area contributed by atoms with E-state index in [1.54, 1.807) is 0 Å². The fraction of sp³-hybridized carbons (Fsp3) is 0.875. The molecular weight excluding hydrogens is 296 g/mol. The van der Waals surface area contributed by atoms with Crippen LogP contribution in [0.5, 0.6) is 0 Å². The lowest BCUT2D eigenvalue weighted by molar-refractivity contribution is -0.143. The molecule has 0 aromatic carbocycles. The fourth-order valence-electron chi connectivity index (χ4n) is 3.49. The molecule has 0 saturated carbocycles. The molecule has 2 amide bonds. The van der Waals surface area contributed by atoms with E-state index in [0.717, 1.165) is 71.7 Å². The van der Waals surface area contributed by atoms with Gasteiger partial charge in [0.25, 0.3) is 5.91 Å². The van der Waals surface area contributed by atoms with Gasteiger partial charge in [0.1, 0.15) is 6.10 Å². The maximum atomic E-state index is 12.3. The van der Waals surface area contributed by atoms with Crippen molar-refractivity contribution < 1.29 is 14.3 Å². The van der Waals surface area contributed by atoms with Crippen molar-refractivity contribution in [3.63, 3.8) is 0 Å². The average Bonchev–Trinajstić information content (AvgIpc) is 3.15. The van der Waals surface area contributed by atoms with Gasteiger partial charge in [0, 0.05) is 71.9 Å². The number of hydrogen-bond acceptors (Lipinski definition) is 5. The van der Waals surface area contributed by atoms with Crippen molar-refractivity contribution in [3.8, 4) is 0 Å². The number of amides is 2. The molecule has 3 fully saturated rings. The van der Waals surface area contributed by atoms with Crippen LogP contribution in [-0.2, 0) is 14.3 Å². The first kappa shape index (κ1) is 16.7. The van der Waals surface area contributed by atoms with E-state index in [2.05, 4.69) is 10.2 Å². The van der Waals surface area contributed by atoms with Gasteiger partial charge in [-0.05, 0) is 12.8 Å². The van der Waals surface area contributed by atoms with Crippen molar-refractivity contribution in [1.82, 2.24) is 20.0 Å². The van der Waals surface area contributed by atoms with Gasteiger partial charge in [0.05, 0.1) is 0 Å². The van der Waals surface area contributed by atoms with Crippen LogP contribution in [0.15, 0.2) is 0 Å². The molecule has 0 radical (unpaired) electrons. The van der Waals surface area contributed by atoms with Gasteiger partial charge in [-0.1, -0.05) is 0 Å². The van der Waals surface area contributed by atoms with E-state index < -0.39 is 0 Å². The molecule has 0 spiro atoms. The van der Waals surface area contributed by atoms with E-state index in [1.165, 1.54) is 0 Å². The summed E-state index contributed by atoms with van der Waals surface area (Å²) in [4.78, 5) is 30.6. The Morgan fingerprint density at radius 1 is 1.00 bits per heavy atom. The molecule has 23 heavy (non-hydrogen) atoms. The summed E-state index contributed by atoms with van der Waals surface area (Å²) in [6.45, 7) is 8.16. The molecule has 3 saturated heterocycles. The van der Waals surface area contributed by atoms with Crippen molar-refractivity contribution in [1.29, 1.82) is 0 Å². The summed E-state index contributed by atoms with van der Waals surface area (Å²) in [5, 5.41) is 3.26. The topological polar surface area (TPSA) is 65.1 Å². The predicted octanol–water partition coefficient (Wildman–Crippen LogP) is -0.868. The van der Waals surface area contributed by atoms with Crippen molar-refractivity contribution in [2.45, 2.75) is 25.4 Å². The van der Waals surface area contributed by atoms with Gasteiger partial charge in [0.2, 0.25) is 5.91 Å². The minimum Gasteiger partial charge on any atom is -0.368 e. The summed E-state index contributed by atoms with van der Waals surface area (Å²) < 4.78 is 5.48. The normalized spacial score (nSPS) is 26.5. The van der Waals surface area contributed by atoms with Gasteiger partial charge in [-0.25, -0.2) is 0 Å². The molecule has 0 aromatic rings. The van der Waals surface area contributed by atoms with Gasteiger partial charge in [-0.3, -0.25) is 14.5 Å². The van der Waals surface area contributed by atoms with Crippen LogP contribution >= 0.6 is 0 Å². The molecule has 3 heterocycles. The molecule has 0 aromatic heterocycles. The summed E-state index contributed by atoms with van der Waals surface area (Å²) in [5.41, 5.74) is 0. The molecular formula is C16H28N4O3. The van der Waals surface area contributed by atoms with Crippen molar-refractivity contribution in [2.24, 2.45) is 0 Å². The Hall–Kier alpha value is -1.18. The van der Waals surface area contributed by atoms with Crippen LogP contribution in [0.2, 0.25) is 0 Å². The van der Waals surface area contributed by atoms with Crippen molar-refractivity contribution in [3.05, 3.63) is 0 Å². The van der Waals surface area contributed by atoms with Crippen LogP contribution in [0.25, 0.3) is 0 Å². The highest BCUT2D eigenvalue weighted by atomic mass is 16.5. The highest BCUT2D eigenvalue weighted by molar-refractivity contribution is 5.81. The van der Waals surface area contributed by atoms with E-state index in [0.29, 0.717) is 13.0 Å². The third kappa shape index (κ3) is 4.43. The lowest BCUT2D eigenvalue weighted by Gasteiger charge is -2.36. The first-order valence-corrected chi connectivity index (χ1v) is 8.85. The summed E-state index contributed by atoms with van der Waals surface area (Å²) in [7, 11) is 0. The third-order valence-electron chi connectivity index (χ3n) is 5.00. The second-order valence-corrected chi connectivity index (χ2v) is 6.55. The molecule has 0 aliphatic carbocycles. The molecule has 7 heteroatoms. The van der Waals surface area contributed by atoms with Crippen LogP contribution in [0.1, 0.15) is 19.3 Å². The zero-order valence-electron chi connectivity index (χ0n) is 13.8. The fourth-order valence-corrected chi connectivity index (χ4v) is 3.49. The smallest absolute Gasteiger partial charge is 0.251 e. The number of hydrogen-bond donors (Lipinski definition) is 1. The summed E-state index contributed by atoms with van der Waals surface area (Å²) in [5.74, 6) is 0.406. The average molecular weight is 324 g/mol. The Bertz CT molecular complexity index is 412. The third-order valence-corrected chi connectivity index (χ3v) is 5.00. The first-order valence-electron chi connectivity index (χ1n) is 8.85. The Labute approximate surface area is 137 Å². The van der Waals surface area contributed by atoms with E-state index in [4.69, 9.17) is 4.74 Å². The van der Waals surface area contributed by atoms with E-state index in [9.17, 15) is 9.59 Å². The molecule has 1 N–H and O–H groups in total. The van der Waals surface area contributed by atoms with E-state index in [-0.39, 0.29) is 17.9 Å². The van der Waals surface area contributed by atoms with Crippen LogP contribution in [0, 0.1) is 0 Å². The van der Waals surface area contributed by atoms with Gasteiger partial charge in [0.15, 0.2) is 0 Å². The summed E-state index contributed by atoms with van der Waals surface area (Å²) in [6, 6.07) is 0. The Morgan fingerprint density at radius 2 is 1.74 bits per heavy atom. The van der Waals surface area contributed by atoms with Crippen LogP contribution in [0.3, 0.4) is 0 Å². The summed E-state index contributed by atoms with van der Waals surface area (Å²) in [6.07, 6.45) is 2.22. The molecule has 3 rings (SSSR count). The second kappa shape index (κ2) is 8.08. The number of rotatable bonds is 4.